The smallest absolute Gasteiger partial charge is 0.250 e. The van der Waals surface area contributed by atoms with Crippen LogP contribution in [-0.2, 0) is 10.2 Å². The number of nitrogens with zero attached hydrogens (tertiary/aromatic N) is 4. The zero-order valence-corrected chi connectivity index (χ0v) is 22.7. The van der Waals surface area contributed by atoms with Crippen molar-refractivity contribution in [3.05, 3.63) is 88.9 Å². The maximum Gasteiger partial charge on any atom is 0.250 e. The fourth-order valence-electron chi connectivity index (χ4n) is 3.52. The molecule has 0 saturated carbocycles. The molecule has 0 radical (unpaired) electrons. The first-order chi connectivity index (χ1) is 17.7. The number of nitrogens with one attached hydrogen (secondary N) is 1. The molecular formula is C28H28ClN5O2S. The van der Waals surface area contributed by atoms with Gasteiger partial charge in [-0.05, 0) is 65.1 Å². The van der Waals surface area contributed by atoms with Crippen LogP contribution in [0.4, 0.5) is 0 Å². The van der Waals surface area contributed by atoms with Gasteiger partial charge in [-0.25, -0.2) is 5.43 Å². The first kappa shape index (κ1) is 26.4. The number of rotatable bonds is 8. The van der Waals surface area contributed by atoms with Crippen LogP contribution in [0.2, 0.25) is 5.02 Å². The zero-order chi connectivity index (χ0) is 26.4. The van der Waals surface area contributed by atoms with Crippen LogP contribution in [0.3, 0.4) is 0 Å². The van der Waals surface area contributed by atoms with E-state index in [0.717, 1.165) is 22.6 Å². The van der Waals surface area contributed by atoms with Gasteiger partial charge in [-0.1, -0.05) is 68.4 Å². The molecule has 9 heteroatoms. The second kappa shape index (κ2) is 11.6. The summed E-state index contributed by atoms with van der Waals surface area (Å²) in [5, 5.41) is 14.1. The van der Waals surface area contributed by atoms with E-state index in [9.17, 15) is 4.79 Å². The van der Waals surface area contributed by atoms with E-state index >= 15 is 0 Å². The molecule has 0 fully saturated rings. The van der Waals surface area contributed by atoms with Crippen molar-refractivity contribution in [2.24, 2.45) is 5.10 Å². The average molecular weight is 534 g/mol. The number of aromatic nitrogens is 3. The maximum atomic E-state index is 12.5. The number of halogens is 1. The lowest BCUT2D eigenvalue weighted by Gasteiger charge is -2.18. The zero-order valence-electron chi connectivity index (χ0n) is 21.1. The number of hydrogen-bond donors (Lipinski definition) is 1. The quantitative estimate of drug-likeness (QED) is 0.167. The summed E-state index contributed by atoms with van der Waals surface area (Å²) in [4.78, 5) is 12.5. The summed E-state index contributed by atoms with van der Waals surface area (Å²) in [7, 11) is 1.62. The Balaban J connectivity index is 1.46. The van der Waals surface area contributed by atoms with Crippen LogP contribution in [0.25, 0.3) is 17.1 Å². The number of hydrazone groups is 1. The van der Waals surface area contributed by atoms with Gasteiger partial charge in [0.15, 0.2) is 11.0 Å². The van der Waals surface area contributed by atoms with Crippen LogP contribution >= 0.6 is 23.4 Å². The maximum absolute atomic E-state index is 12.5. The van der Waals surface area contributed by atoms with Crippen molar-refractivity contribution in [2.45, 2.75) is 31.3 Å². The van der Waals surface area contributed by atoms with Gasteiger partial charge in [0, 0.05) is 16.3 Å². The number of amides is 1. The van der Waals surface area contributed by atoms with Gasteiger partial charge in [-0.2, -0.15) is 5.10 Å². The highest BCUT2D eigenvalue weighted by Crippen LogP contribution is 2.29. The number of hydrogen-bond acceptors (Lipinski definition) is 6. The third-order valence-corrected chi connectivity index (χ3v) is 6.76. The van der Waals surface area contributed by atoms with Gasteiger partial charge in [0.2, 0.25) is 0 Å². The van der Waals surface area contributed by atoms with Crippen LogP contribution < -0.4 is 10.2 Å². The Morgan fingerprint density at radius 3 is 2.32 bits per heavy atom. The lowest BCUT2D eigenvalue weighted by molar-refractivity contribution is -0.118. The summed E-state index contributed by atoms with van der Waals surface area (Å²) < 4.78 is 7.16. The summed E-state index contributed by atoms with van der Waals surface area (Å²) >= 11 is 7.37. The minimum Gasteiger partial charge on any atom is -0.497 e. The van der Waals surface area contributed by atoms with Crippen LogP contribution in [0.15, 0.2) is 83.1 Å². The normalized spacial score (nSPS) is 11.6. The average Bonchev–Trinajstić information content (AvgIpc) is 3.31. The molecule has 7 nitrogen and oxygen atoms in total. The summed E-state index contributed by atoms with van der Waals surface area (Å²) in [6.07, 6.45) is 1.63. The first-order valence-electron chi connectivity index (χ1n) is 11.7. The van der Waals surface area contributed by atoms with Crippen LogP contribution in [0.5, 0.6) is 5.75 Å². The molecule has 190 valence electrons. The topological polar surface area (TPSA) is 81.4 Å². The highest BCUT2D eigenvalue weighted by molar-refractivity contribution is 7.99. The van der Waals surface area contributed by atoms with E-state index in [1.54, 1.807) is 25.5 Å². The Labute approximate surface area is 225 Å². The van der Waals surface area contributed by atoms with Crippen molar-refractivity contribution in [1.29, 1.82) is 0 Å². The molecule has 0 aliphatic heterocycles. The van der Waals surface area contributed by atoms with Crippen LogP contribution in [-0.4, -0.2) is 39.7 Å². The Morgan fingerprint density at radius 2 is 1.70 bits per heavy atom. The highest BCUT2D eigenvalue weighted by Gasteiger charge is 2.18. The molecule has 1 aromatic heterocycles. The van der Waals surface area contributed by atoms with Gasteiger partial charge >= 0.3 is 0 Å². The number of ether oxygens (including phenoxy) is 1. The SMILES string of the molecule is COc1ccc(-c2nnc(SCC(=O)N/N=C\c3ccc(C(C)(C)C)cc3)n2-c2ccc(Cl)cc2)cc1. The molecule has 1 heterocycles. The molecule has 3 aromatic carbocycles. The molecule has 4 aromatic rings. The van der Waals surface area contributed by atoms with Crippen molar-refractivity contribution in [2.75, 3.05) is 12.9 Å². The summed E-state index contributed by atoms with van der Waals surface area (Å²) in [6, 6.07) is 23.1. The van der Waals surface area contributed by atoms with Crippen molar-refractivity contribution < 1.29 is 9.53 Å². The van der Waals surface area contributed by atoms with E-state index in [-0.39, 0.29) is 17.1 Å². The lowest BCUT2D eigenvalue weighted by atomic mass is 9.87. The minimum atomic E-state index is -0.246. The van der Waals surface area contributed by atoms with Crippen molar-refractivity contribution in [3.8, 4) is 22.8 Å². The number of benzene rings is 3. The van der Waals surface area contributed by atoms with Gasteiger partial charge < -0.3 is 4.74 Å². The summed E-state index contributed by atoms with van der Waals surface area (Å²) in [5.74, 6) is 1.27. The molecule has 37 heavy (non-hydrogen) atoms. The first-order valence-corrected chi connectivity index (χ1v) is 13.0. The fraction of sp³-hybridized carbons (Fsp3) is 0.214. The second-order valence-electron chi connectivity index (χ2n) is 9.30. The van der Waals surface area contributed by atoms with Gasteiger partial charge in [0.25, 0.3) is 5.91 Å². The third-order valence-electron chi connectivity index (χ3n) is 5.58. The van der Waals surface area contributed by atoms with Crippen molar-refractivity contribution in [3.63, 3.8) is 0 Å². The molecule has 1 N–H and O–H groups in total. The largest absolute Gasteiger partial charge is 0.497 e. The lowest BCUT2D eigenvalue weighted by Crippen LogP contribution is -2.20. The van der Waals surface area contributed by atoms with Gasteiger partial charge in [0.1, 0.15) is 5.75 Å². The molecule has 0 bridgehead atoms. The predicted octanol–water partition coefficient (Wildman–Crippen LogP) is 6.14. The third kappa shape index (κ3) is 6.78. The van der Waals surface area contributed by atoms with Crippen molar-refractivity contribution >= 4 is 35.5 Å². The molecule has 0 aliphatic carbocycles. The molecule has 0 aliphatic rings. The van der Waals surface area contributed by atoms with E-state index in [1.807, 2.05) is 53.1 Å². The minimum absolute atomic E-state index is 0.0842. The van der Waals surface area contributed by atoms with E-state index in [2.05, 4.69) is 53.6 Å². The van der Waals surface area contributed by atoms with Gasteiger partial charge in [-0.15, -0.1) is 10.2 Å². The number of thioether (sulfide) groups is 1. The Morgan fingerprint density at radius 1 is 1.03 bits per heavy atom. The number of carbonyl (C=O) groups is 1. The Hall–Kier alpha value is -3.62. The molecular weight excluding hydrogens is 506 g/mol. The number of methoxy groups -OCH3 is 1. The fourth-order valence-corrected chi connectivity index (χ4v) is 4.39. The number of carbonyl (C=O) groups excluding carboxylic acids is 1. The molecule has 0 atom stereocenters. The van der Waals surface area contributed by atoms with E-state index in [0.29, 0.717) is 16.0 Å². The Bertz CT molecular complexity index is 1380. The molecule has 0 saturated heterocycles. The monoisotopic (exact) mass is 533 g/mol. The molecule has 0 spiro atoms. The summed E-state index contributed by atoms with van der Waals surface area (Å²) in [5.41, 5.74) is 6.51. The molecule has 0 unspecified atom stereocenters. The molecule has 1 amide bonds. The van der Waals surface area contributed by atoms with Gasteiger partial charge in [-0.3, -0.25) is 9.36 Å². The molecule has 4 rings (SSSR count). The Kier molecular flexibility index (Phi) is 8.31. The van der Waals surface area contributed by atoms with E-state index in [4.69, 9.17) is 16.3 Å². The summed E-state index contributed by atoms with van der Waals surface area (Å²) in [6.45, 7) is 6.51. The highest BCUT2D eigenvalue weighted by atomic mass is 35.5. The van der Waals surface area contributed by atoms with Gasteiger partial charge in [0.05, 0.1) is 19.1 Å². The van der Waals surface area contributed by atoms with Crippen molar-refractivity contribution in [1.82, 2.24) is 20.2 Å². The van der Waals surface area contributed by atoms with Crippen LogP contribution in [0, 0.1) is 0 Å². The standard InChI is InChI=1S/C28H28ClN5O2S/c1-28(2,3)21-9-5-19(6-10-21)17-30-31-25(35)18-37-27-33-32-26(20-7-15-24(36-4)16-8-20)34(27)23-13-11-22(29)12-14-23/h5-17H,18H2,1-4H3,(H,31,35)/b30-17-. The van der Waals surface area contributed by atoms with E-state index < -0.39 is 0 Å². The predicted molar refractivity (Wildman–Crippen MR) is 150 cm³/mol. The van der Waals surface area contributed by atoms with Crippen LogP contribution in [0.1, 0.15) is 31.9 Å². The second-order valence-corrected chi connectivity index (χ2v) is 10.7. The van der Waals surface area contributed by atoms with E-state index in [1.165, 1.54) is 17.3 Å².